The highest BCUT2D eigenvalue weighted by Gasteiger charge is 2.15. The van der Waals surface area contributed by atoms with Crippen LogP contribution in [0.25, 0.3) is 0 Å². The number of aromatic carboxylic acids is 1. The van der Waals surface area contributed by atoms with Gasteiger partial charge >= 0.3 is 5.97 Å². The molecule has 108 valence electrons. The van der Waals surface area contributed by atoms with Crippen LogP contribution in [-0.2, 0) is 11.2 Å². The van der Waals surface area contributed by atoms with Gasteiger partial charge in [-0.25, -0.2) is 4.79 Å². The van der Waals surface area contributed by atoms with E-state index >= 15 is 0 Å². The standard InChI is InChI=1S/C15H15N3O3/c16-13(6-10-4-2-1-3-5-10)14(19)18-12-7-11(15(20)21)8-17-9-12/h1-5,7-9,13H,6,16H2,(H,18,19)(H,20,21)/t13-/m1/s1. The van der Waals surface area contributed by atoms with Gasteiger partial charge in [-0.15, -0.1) is 0 Å². The number of nitrogens with zero attached hydrogens (tertiary/aromatic N) is 1. The van der Waals surface area contributed by atoms with Crippen LogP contribution in [0.15, 0.2) is 48.8 Å². The van der Waals surface area contributed by atoms with E-state index in [2.05, 4.69) is 10.3 Å². The molecule has 4 N–H and O–H groups in total. The Hall–Kier alpha value is -2.73. The van der Waals surface area contributed by atoms with Crippen molar-refractivity contribution < 1.29 is 14.7 Å². The summed E-state index contributed by atoms with van der Waals surface area (Å²) in [4.78, 5) is 26.6. The molecule has 1 aromatic heterocycles. The molecular weight excluding hydrogens is 270 g/mol. The van der Waals surface area contributed by atoms with Crippen LogP contribution in [0, 0.1) is 0 Å². The molecule has 2 aromatic rings. The molecule has 2 rings (SSSR count). The number of hydrogen-bond donors (Lipinski definition) is 3. The maximum Gasteiger partial charge on any atom is 0.337 e. The zero-order valence-electron chi connectivity index (χ0n) is 11.2. The summed E-state index contributed by atoms with van der Waals surface area (Å²) in [6.07, 6.45) is 2.99. The molecule has 0 spiro atoms. The maximum atomic E-state index is 12.0. The Morgan fingerprint density at radius 1 is 1.24 bits per heavy atom. The normalized spacial score (nSPS) is 11.7. The Balaban J connectivity index is 2.00. The third-order valence-corrected chi connectivity index (χ3v) is 2.89. The molecule has 0 aliphatic heterocycles. The number of nitrogens with two attached hydrogens (primary N) is 1. The van der Waals surface area contributed by atoms with Crippen molar-refractivity contribution in [1.82, 2.24) is 4.98 Å². The van der Waals surface area contributed by atoms with Gasteiger partial charge in [0.15, 0.2) is 0 Å². The number of benzene rings is 1. The van der Waals surface area contributed by atoms with Crippen molar-refractivity contribution >= 4 is 17.6 Å². The van der Waals surface area contributed by atoms with Gasteiger partial charge in [0, 0.05) is 6.20 Å². The maximum absolute atomic E-state index is 12.0. The summed E-state index contributed by atoms with van der Waals surface area (Å²) in [6.45, 7) is 0. The van der Waals surface area contributed by atoms with Crippen molar-refractivity contribution in [2.45, 2.75) is 12.5 Å². The lowest BCUT2D eigenvalue weighted by Crippen LogP contribution is -2.37. The van der Waals surface area contributed by atoms with Gasteiger partial charge in [-0.05, 0) is 18.1 Å². The lowest BCUT2D eigenvalue weighted by atomic mass is 10.1. The summed E-state index contributed by atoms with van der Waals surface area (Å²) < 4.78 is 0. The van der Waals surface area contributed by atoms with Crippen LogP contribution in [0.1, 0.15) is 15.9 Å². The number of pyridine rings is 1. The van der Waals surface area contributed by atoms with Gasteiger partial charge in [0.25, 0.3) is 0 Å². The van der Waals surface area contributed by atoms with Crippen LogP contribution < -0.4 is 11.1 Å². The minimum Gasteiger partial charge on any atom is -0.478 e. The second-order valence-corrected chi connectivity index (χ2v) is 4.55. The Morgan fingerprint density at radius 3 is 2.62 bits per heavy atom. The second-order valence-electron chi connectivity index (χ2n) is 4.55. The number of carbonyl (C=O) groups is 2. The quantitative estimate of drug-likeness (QED) is 0.767. The van der Waals surface area contributed by atoms with Crippen LogP contribution in [0.4, 0.5) is 5.69 Å². The van der Waals surface area contributed by atoms with E-state index < -0.39 is 12.0 Å². The fourth-order valence-electron chi connectivity index (χ4n) is 1.82. The average molecular weight is 285 g/mol. The number of nitrogens with one attached hydrogen (secondary N) is 1. The van der Waals surface area contributed by atoms with Crippen molar-refractivity contribution in [2.75, 3.05) is 5.32 Å². The molecule has 1 heterocycles. The summed E-state index contributed by atoms with van der Waals surface area (Å²) in [5.74, 6) is -1.49. The summed E-state index contributed by atoms with van der Waals surface area (Å²) in [5, 5.41) is 11.4. The highest BCUT2D eigenvalue weighted by Crippen LogP contribution is 2.10. The number of carbonyl (C=O) groups excluding carboxylic acids is 1. The van der Waals surface area contributed by atoms with Crippen molar-refractivity contribution in [3.05, 3.63) is 59.9 Å². The molecule has 6 nitrogen and oxygen atoms in total. The van der Waals surface area contributed by atoms with E-state index in [1.165, 1.54) is 18.5 Å². The number of amides is 1. The van der Waals surface area contributed by atoms with Gasteiger partial charge in [-0.3, -0.25) is 9.78 Å². The molecule has 0 bridgehead atoms. The fraction of sp³-hybridized carbons (Fsp3) is 0.133. The number of hydrogen-bond acceptors (Lipinski definition) is 4. The van der Waals surface area contributed by atoms with E-state index in [0.29, 0.717) is 12.1 Å². The van der Waals surface area contributed by atoms with Crippen molar-refractivity contribution in [3.63, 3.8) is 0 Å². The molecule has 0 aliphatic rings. The number of carboxylic acid groups (broad SMARTS) is 1. The first-order chi connectivity index (χ1) is 10.1. The molecule has 6 heteroatoms. The second kappa shape index (κ2) is 6.62. The minimum absolute atomic E-state index is 0.00410. The van der Waals surface area contributed by atoms with E-state index in [9.17, 15) is 9.59 Å². The molecule has 0 fully saturated rings. The van der Waals surface area contributed by atoms with Gasteiger partial charge < -0.3 is 16.2 Å². The smallest absolute Gasteiger partial charge is 0.337 e. The van der Waals surface area contributed by atoms with E-state index in [0.717, 1.165) is 5.56 Å². The minimum atomic E-state index is -1.10. The summed E-state index contributed by atoms with van der Waals surface area (Å²) in [7, 11) is 0. The van der Waals surface area contributed by atoms with Crippen LogP contribution >= 0.6 is 0 Å². The largest absolute Gasteiger partial charge is 0.478 e. The fourth-order valence-corrected chi connectivity index (χ4v) is 1.82. The van der Waals surface area contributed by atoms with Gasteiger partial charge in [0.05, 0.1) is 23.5 Å². The van der Waals surface area contributed by atoms with Crippen molar-refractivity contribution in [3.8, 4) is 0 Å². The molecule has 0 saturated heterocycles. The first-order valence-electron chi connectivity index (χ1n) is 6.35. The summed E-state index contributed by atoms with van der Waals surface area (Å²) in [5.41, 5.74) is 7.12. The van der Waals surface area contributed by atoms with E-state index in [4.69, 9.17) is 10.8 Å². The molecule has 0 radical (unpaired) electrons. The van der Waals surface area contributed by atoms with Gasteiger partial charge in [0.1, 0.15) is 0 Å². The predicted molar refractivity (Wildman–Crippen MR) is 77.9 cm³/mol. The first kappa shape index (κ1) is 14.7. The molecule has 1 aromatic carbocycles. The number of rotatable bonds is 5. The first-order valence-corrected chi connectivity index (χ1v) is 6.35. The highest BCUT2D eigenvalue weighted by molar-refractivity contribution is 5.96. The van der Waals surface area contributed by atoms with E-state index in [1.807, 2.05) is 30.3 Å². The predicted octanol–water partition coefficient (Wildman–Crippen LogP) is 1.29. The van der Waals surface area contributed by atoms with E-state index in [1.54, 1.807) is 0 Å². The third-order valence-electron chi connectivity index (χ3n) is 2.89. The molecule has 1 amide bonds. The Morgan fingerprint density at radius 2 is 1.95 bits per heavy atom. The van der Waals surface area contributed by atoms with Crippen molar-refractivity contribution in [2.24, 2.45) is 5.73 Å². The van der Waals surface area contributed by atoms with Gasteiger partial charge in [-0.1, -0.05) is 30.3 Å². The molecule has 1 atom stereocenters. The topological polar surface area (TPSA) is 105 Å². The number of carboxylic acids is 1. The molecule has 0 saturated carbocycles. The van der Waals surface area contributed by atoms with Crippen LogP contribution in [0.3, 0.4) is 0 Å². The average Bonchev–Trinajstić information content (AvgIpc) is 2.48. The Kier molecular flexibility index (Phi) is 4.63. The third kappa shape index (κ3) is 4.12. The summed E-state index contributed by atoms with van der Waals surface area (Å²) >= 11 is 0. The van der Waals surface area contributed by atoms with E-state index in [-0.39, 0.29) is 11.5 Å². The lowest BCUT2D eigenvalue weighted by Gasteiger charge is -2.12. The zero-order chi connectivity index (χ0) is 15.2. The van der Waals surface area contributed by atoms with Crippen LogP contribution in [0.5, 0.6) is 0 Å². The number of aromatic nitrogens is 1. The van der Waals surface area contributed by atoms with Gasteiger partial charge in [0.2, 0.25) is 5.91 Å². The van der Waals surface area contributed by atoms with Crippen LogP contribution in [-0.4, -0.2) is 28.0 Å². The zero-order valence-corrected chi connectivity index (χ0v) is 11.2. The molecule has 0 aliphatic carbocycles. The number of anilines is 1. The van der Waals surface area contributed by atoms with Gasteiger partial charge in [-0.2, -0.15) is 0 Å². The molecular formula is C15H15N3O3. The van der Waals surface area contributed by atoms with Crippen molar-refractivity contribution in [1.29, 1.82) is 0 Å². The Bertz CT molecular complexity index is 644. The molecule has 21 heavy (non-hydrogen) atoms. The summed E-state index contributed by atoms with van der Waals surface area (Å²) in [6, 6.07) is 10.0. The van der Waals surface area contributed by atoms with Crippen LogP contribution in [0.2, 0.25) is 0 Å². The lowest BCUT2D eigenvalue weighted by molar-refractivity contribution is -0.117. The highest BCUT2D eigenvalue weighted by atomic mass is 16.4. The monoisotopic (exact) mass is 285 g/mol. The SMILES string of the molecule is N[C@H](Cc1ccccc1)C(=O)Nc1cncc(C(=O)O)c1. The Labute approximate surface area is 121 Å². The molecule has 0 unspecified atom stereocenters.